The Morgan fingerprint density at radius 2 is 1.69 bits per heavy atom. The maximum atomic E-state index is 10.7. The van der Waals surface area contributed by atoms with Crippen LogP contribution in [-0.2, 0) is 23.0 Å². The van der Waals surface area contributed by atoms with Gasteiger partial charge in [-0.2, -0.15) is 0 Å². The van der Waals surface area contributed by atoms with Crippen LogP contribution in [0.3, 0.4) is 0 Å². The summed E-state index contributed by atoms with van der Waals surface area (Å²) in [5, 5.41) is 41.5. The third kappa shape index (κ3) is 4.04. The molecule has 2 aliphatic heterocycles. The van der Waals surface area contributed by atoms with Crippen molar-refractivity contribution >= 4 is 11.6 Å². The molecule has 0 bridgehead atoms. The standard InChI is InChI=1S/C25H31ClO6/c1-4-13-5-7-14(8-6-13)9-15-10-16(23-18(19(15)26)25(2,3)12-31-23)24-22(30)21(29)20(28)17(11-27)32-24/h5-8,10,17,20-22,24,27-30H,4,9,11-12H2,1-3H3/t17-,20-,21+,22-,24+/m1/s1. The number of aliphatic hydroxyl groups is 4. The maximum Gasteiger partial charge on any atom is 0.130 e. The molecule has 2 aromatic rings. The fraction of sp³-hybridized carbons (Fsp3) is 0.520. The molecule has 2 heterocycles. The molecule has 7 heteroatoms. The van der Waals surface area contributed by atoms with Gasteiger partial charge >= 0.3 is 0 Å². The van der Waals surface area contributed by atoms with Crippen LogP contribution in [0.25, 0.3) is 0 Å². The highest BCUT2D eigenvalue weighted by Crippen LogP contribution is 2.50. The molecular weight excluding hydrogens is 432 g/mol. The van der Waals surface area contributed by atoms with Crippen molar-refractivity contribution in [2.45, 2.75) is 69.5 Å². The lowest BCUT2D eigenvalue weighted by Crippen LogP contribution is -2.55. The normalized spacial score (nSPS) is 28.9. The minimum atomic E-state index is -1.46. The van der Waals surface area contributed by atoms with Crippen LogP contribution in [0.1, 0.15) is 54.7 Å². The average molecular weight is 463 g/mol. The van der Waals surface area contributed by atoms with Crippen LogP contribution >= 0.6 is 11.6 Å². The van der Waals surface area contributed by atoms with Gasteiger partial charge in [0.2, 0.25) is 0 Å². The van der Waals surface area contributed by atoms with E-state index < -0.39 is 37.1 Å². The molecule has 0 amide bonds. The summed E-state index contributed by atoms with van der Waals surface area (Å²) in [6, 6.07) is 10.2. The predicted molar refractivity (Wildman–Crippen MR) is 121 cm³/mol. The second-order valence-corrected chi connectivity index (χ2v) is 9.79. The van der Waals surface area contributed by atoms with Gasteiger partial charge in [-0.25, -0.2) is 0 Å². The fourth-order valence-electron chi connectivity index (χ4n) is 4.62. The Morgan fingerprint density at radius 3 is 2.31 bits per heavy atom. The van der Waals surface area contributed by atoms with Gasteiger partial charge in [0.15, 0.2) is 0 Å². The van der Waals surface area contributed by atoms with Gasteiger partial charge in [-0.15, -0.1) is 0 Å². The van der Waals surface area contributed by atoms with Crippen molar-refractivity contribution in [3.8, 4) is 5.75 Å². The van der Waals surface area contributed by atoms with Crippen LogP contribution < -0.4 is 4.74 Å². The molecule has 0 spiro atoms. The molecule has 5 atom stereocenters. The van der Waals surface area contributed by atoms with E-state index in [1.807, 2.05) is 19.9 Å². The first kappa shape index (κ1) is 23.5. The van der Waals surface area contributed by atoms with Crippen molar-refractivity contribution in [1.29, 1.82) is 0 Å². The summed E-state index contributed by atoms with van der Waals surface area (Å²) in [5.74, 6) is 0.536. The second kappa shape index (κ2) is 8.93. The summed E-state index contributed by atoms with van der Waals surface area (Å²) in [5.41, 5.74) is 4.27. The zero-order valence-electron chi connectivity index (χ0n) is 18.6. The highest BCUT2D eigenvalue weighted by molar-refractivity contribution is 6.32. The molecular formula is C25H31ClO6. The van der Waals surface area contributed by atoms with Crippen molar-refractivity contribution in [2.24, 2.45) is 0 Å². The number of ether oxygens (including phenoxy) is 2. The molecule has 0 saturated carbocycles. The van der Waals surface area contributed by atoms with E-state index in [1.54, 1.807) is 0 Å². The molecule has 6 nitrogen and oxygen atoms in total. The van der Waals surface area contributed by atoms with Crippen molar-refractivity contribution in [1.82, 2.24) is 0 Å². The van der Waals surface area contributed by atoms with Crippen molar-refractivity contribution in [3.05, 3.63) is 63.2 Å². The molecule has 0 unspecified atom stereocenters. The highest BCUT2D eigenvalue weighted by Gasteiger charge is 2.47. The van der Waals surface area contributed by atoms with Gasteiger partial charge in [-0.05, 0) is 35.6 Å². The third-order valence-corrected chi connectivity index (χ3v) is 7.03. The number of fused-ring (bicyclic) bond motifs is 1. The number of hydrogen-bond donors (Lipinski definition) is 4. The molecule has 0 aliphatic carbocycles. The number of aliphatic hydroxyl groups excluding tert-OH is 4. The van der Waals surface area contributed by atoms with E-state index in [4.69, 9.17) is 21.1 Å². The van der Waals surface area contributed by atoms with Gasteiger partial charge in [0, 0.05) is 16.5 Å². The van der Waals surface area contributed by atoms with E-state index in [0.717, 1.165) is 23.1 Å². The molecule has 2 aromatic carbocycles. The first-order valence-corrected chi connectivity index (χ1v) is 11.4. The maximum absolute atomic E-state index is 10.7. The first-order valence-electron chi connectivity index (χ1n) is 11.0. The van der Waals surface area contributed by atoms with Gasteiger partial charge in [0.1, 0.15) is 36.3 Å². The lowest BCUT2D eigenvalue weighted by atomic mass is 9.82. The Morgan fingerprint density at radius 1 is 1.03 bits per heavy atom. The van der Waals surface area contributed by atoms with E-state index in [0.29, 0.717) is 29.4 Å². The van der Waals surface area contributed by atoms with Gasteiger partial charge in [-0.3, -0.25) is 0 Å². The summed E-state index contributed by atoms with van der Waals surface area (Å²) in [6.07, 6.45) is -4.70. The molecule has 0 aromatic heterocycles. The lowest BCUT2D eigenvalue weighted by Gasteiger charge is -2.40. The number of aryl methyl sites for hydroxylation is 1. The van der Waals surface area contributed by atoms with Crippen LogP contribution in [-0.4, -0.2) is 58.1 Å². The first-order chi connectivity index (χ1) is 15.2. The van der Waals surface area contributed by atoms with E-state index in [-0.39, 0.29) is 5.41 Å². The molecule has 174 valence electrons. The Hall–Kier alpha value is -1.67. The number of benzene rings is 2. The second-order valence-electron chi connectivity index (χ2n) is 9.41. The van der Waals surface area contributed by atoms with E-state index >= 15 is 0 Å². The van der Waals surface area contributed by atoms with Gasteiger partial charge in [0.25, 0.3) is 0 Å². The smallest absolute Gasteiger partial charge is 0.130 e. The third-order valence-electron chi connectivity index (χ3n) is 6.60. The largest absolute Gasteiger partial charge is 0.492 e. The Balaban J connectivity index is 1.80. The van der Waals surface area contributed by atoms with Gasteiger partial charge in [0.05, 0.1) is 18.2 Å². The molecule has 4 rings (SSSR count). The summed E-state index contributed by atoms with van der Waals surface area (Å²) < 4.78 is 11.9. The zero-order chi connectivity index (χ0) is 23.2. The zero-order valence-corrected chi connectivity index (χ0v) is 19.3. The summed E-state index contributed by atoms with van der Waals surface area (Å²) in [6.45, 7) is 6.13. The summed E-state index contributed by atoms with van der Waals surface area (Å²) in [7, 11) is 0. The Labute approximate surface area is 193 Å². The predicted octanol–water partition coefficient (Wildman–Crippen LogP) is 2.68. The van der Waals surface area contributed by atoms with Crippen LogP contribution in [0.15, 0.2) is 30.3 Å². The molecule has 2 aliphatic rings. The minimum absolute atomic E-state index is 0.350. The molecule has 32 heavy (non-hydrogen) atoms. The van der Waals surface area contributed by atoms with Crippen molar-refractivity contribution < 1.29 is 29.9 Å². The molecule has 1 fully saturated rings. The van der Waals surface area contributed by atoms with E-state index in [2.05, 4.69) is 31.2 Å². The summed E-state index contributed by atoms with van der Waals surface area (Å²) in [4.78, 5) is 0. The SMILES string of the molecule is CCc1ccc(Cc2cc([C@@H]3O[C@H](CO)[C@@H](O)[C@H](O)[C@H]3O)c3c(c2Cl)C(C)(C)CO3)cc1. The fourth-order valence-corrected chi connectivity index (χ4v) is 5.08. The number of hydrogen-bond acceptors (Lipinski definition) is 6. The van der Waals surface area contributed by atoms with Crippen LogP contribution in [0.2, 0.25) is 5.02 Å². The quantitative estimate of drug-likeness (QED) is 0.545. The monoisotopic (exact) mass is 462 g/mol. The molecule has 4 N–H and O–H groups in total. The highest BCUT2D eigenvalue weighted by atomic mass is 35.5. The number of halogens is 1. The van der Waals surface area contributed by atoms with Gasteiger partial charge in [-0.1, -0.05) is 56.6 Å². The molecule has 0 radical (unpaired) electrons. The van der Waals surface area contributed by atoms with E-state index in [1.165, 1.54) is 5.56 Å². The summed E-state index contributed by atoms with van der Waals surface area (Å²) >= 11 is 6.89. The number of rotatable bonds is 5. The van der Waals surface area contributed by atoms with Crippen LogP contribution in [0.5, 0.6) is 5.75 Å². The van der Waals surface area contributed by atoms with Crippen molar-refractivity contribution in [3.63, 3.8) is 0 Å². The van der Waals surface area contributed by atoms with Crippen LogP contribution in [0.4, 0.5) is 0 Å². The molecule has 1 saturated heterocycles. The van der Waals surface area contributed by atoms with Crippen molar-refractivity contribution in [2.75, 3.05) is 13.2 Å². The lowest BCUT2D eigenvalue weighted by molar-refractivity contribution is -0.232. The topological polar surface area (TPSA) is 99.4 Å². The average Bonchev–Trinajstić information content (AvgIpc) is 3.10. The Bertz CT molecular complexity index is 971. The van der Waals surface area contributed by atoms with Crippen LogP contribution in [0, 0.1) is 0 Å². The van der Waals surface area contributed by atoms with Gasteiger partial charge < -0.3 is 29.9 Å². The minimum Gasteiger partial charge on any atom is -0.492 e. The Kier molecular flexibility index (Phi) is 6.56. The van der Waals surface area contributed by atoms with E-state index in [9.17, 15) is 20.4 Å².